The molecule has 180 valence electrons. The molecular weight excluding hydrogens is 434 g/mol. The van der Waals surface area contributed by atoms with E-state index in [1.165, 1.54) is 0 Å². The summed E-state index contributed by atoms with van der Waals surface area (Å²) in [6.45, 7) is 8.31. The summed E-state index contributed by atoms with van der Waals surface area (Å²) in [5.74, 6) is 2.22. The van der Waals surface area contributed by atoms with Crippen molar-refractivity contribution in [2.75, 3.05) is 56.4 Å². The Morgan fingerprint density at radius 2 is 1.71 bits per heavy atom. The van der Waals surface area contributed by atoms with Gasteiger partial charge in [0, 0.05) is 24.2 Å². The van der Waals surface area contributed by atoms with Gasteiger partial charge >= 0.3 is 0 Å². The molecule has 0 spiro atoms. The van der Waals surface area contributed by atoms with Crippen molar-refractivity contribution in [1.29, 1.82) is 0 Å². The third-order valence-electron chi connectivity index (χ3n) is 6.54. The van der Waals surface area contributed by atoms with E-state index < -0.39 is 0 Å². The molecule has 2 saturated heterocycles. The molecule has 0 saturated carbocycles. The van der Waals surface area contributed by atoms with Gasteiger partial charge in [0.2, 0.25) is 5.95 Å². The topological polar surface area (TPSA) is 93.1 Å². The lowest BCUT2D eigenvalue weighted by atomic mass is 10.1. The quantitative estimate of drug-likeness (QED) is 0.610. The number of fused-ring (bicyclic) bond motifs is 1. The molecule has 5 rings (SSSR count). The summed E-state index contributed by atoms with van der Waals surface area (Å²) in [5.41, 5.74) is 3.05. The van der Waals surface area contributed by atoms with Gasteiger partial charge in [-0.05, 0) is 44.2 Å². The van der Waals surface area contributed by atoms with Crippen LogP contribution in [0.25, 0.3) is 22.3 Å². The van der Waals surface area contributed by atoms with E-state index in [1.807, 2.05) is 30.3 Å². The molecule has 9 heteroatoms. The smallest absolute Gasteiger partial charge is 0.229 e. The standard InChI is InChI=1S/C25H31N5O4/c1-16-14-33-10-8-29(16)24-20-5-6-21(18-4-7-22(32-3)19(12-18)13-31)26-23(20)27-25(28-24)30-9-11-34-15-17(30)2/h4-7,12,16-17,31H,8-11,13-15H2,1-3H3/t16-,17?/m0/s1. The van der Waals surface area contributed by atoms with Crippen LogP contribution in [-0.4, -0.2) is 78.8 Å². The fourth-order valence-corrected chi connectivity index (χ4v) is 4.62. The molecule has 2 aliphatic rings. The van der Waals surface area contributed by atoms with E-state index in [0.29, 0.717) is 43.8 Å². The second kappa shape index (κ2) is 9.69. The number of aliphatic hydroxyl groups is 1. The van der Waals surface area contributed by atoms with Gasteiger partial charge in [0.15, 0.2) is 5.65 Å². The van der Waals surface area contributed by atoms with Crippen molar-refractivity contribution < 1.29 is 19.3 Å². The molecule has 0 bridgehead atoms. The van der Waals surface area contributed by atoms with Crippen molar-refractivity contribution in [3.8, 4) is 17.0 Å². The first-order chi connectivity index (χ1) is 16.6. The Morgan fingerprint density at radius 3 is 2.38 bits per heavy atom. The predicted octanol–water partition coefficient (Wildman–Crippen LogP) is 2.64. The number of anilines is 2. The molecule has 3 aromatic rings. The summed E-state index contributed by atoms with van der Waals surface area (Å²) in [7, 11) is 1.60. The molecule has 9 nitrogen and oxygen atoms in total. The fraction of sp³-hybridized carbons (Fsp3) is 0.480. The van der Waals surface area contributed by atoms with Crippen LogP contribution in [0.15, 0.2) is 30.3 Å². The Hall–Kier alpha value is -3.01. The Kier molecular flexibility index (Phi) is 6.49. The first kappa shape index (κ1) is 22.8. The molecule has 2 atom stereocenters. The van der Waals surface area contributed by atoms with Crippen molar-refractivity contribution >= 4 is 22.8 Å². The minimum Gasteiger partial charge on any atom is -0.496 e. The number of hydrogen-bond donors (Lipinski definition) is 1. The summed E-state index contributed by atoms with van der Waals surface area (Å²) in [4.78, 5) is 19.4. The Morgan fingerprint density at radius 1 is 0.971 bits per heavy atom. The van der Waals surface area contributed by atoms with Gasteiger partial charge < -0.3 is 29.1 Å². The van der Waals surface area contributed by atoms with Crippen LogP contribution < -0.4 is 14.5 Å². The van der Waals surface area contributed by atoms with E-state index >= 15 is 0 Å². The van der Waals surface area contributed by atoms with Gasteiger partial charge in [-0.2, -0.15) is 9.97 Å². The second-order valence-electron chi connectivity index (χ2n) is 8.83. The molecular formula is C25H31N5O4. The minimum atomic E-state index is -0.106. The van der Waals surface area contributed by atoms with Crippen LogP contribution in [0.1, 0.15) is 19.4 Å². The maximum Gasteiger partial charge on any atom is 0.229 e. The first-order valence-electron chi connectivity index (χ1n) is 11.7. The average Bonchev–Trinajstić information content (AvgIpc) is 2.88. The van der Waals surface area contributed by atoms with Gasteiger partial charge in [-0.25, -0.2) is 4.98 Å². The summed E-state index contributed by atoms with van der Waals surface area (Å²) < 4.78 is 16.7. The maximum absolute atomic E-state index is 9.75. The second-order valence-corrected chi connectivity index (χ2v) is 8.83. The Labute approximate surface area is 199 Å². The van der Waals surface area contributed by atoms with E-state index in [0.717, 1.165) is 41.1 Å². The third kappa shape index (κ3) is 4.26. The monoisotopic (exact) mass is 465 g/mol. The van der Waals surface area contributed by atoms with Crippen LogP contribution >= 0.6 is 0 Å². The maximum atomic E-state index is 9.75. The summed E-state index contributed by atoms with van der Waals surface area (Å²) in [6, 6.07) is 10.1. The van der Waals surface area contributed by atoms with E-state index in [4.69, 9.17) is 29.2 Å². The molecule has 0 amide bonds. The molecule has 34 heavy (non-hydrogen) atoms. The zero-order valence-electron chi connectivity index (χ0n) is 19.9. The molecule has 2 aromatic heterocycles. The highest BCUT2D eigenvalue weighted by molar-refractivity contribution is 5.90. The fourth-order valence-electron chi connectivity index (χ4n) is 4.62. The van der Waals surface area contributed by atoms with Crippen LogP contribution in [0.4, 0.5) is 11.8 Å². The third-order valence-corrected chi connectivity index (χ3v) is 6.54. The highest BCUT2D eigenvalue weighted by atomic mass is 16.5. The van der Waals surface area contributed by atoms with Crippen molar-refractivity contribution in [2.24, 2.45) is 0 Å². The number of ether oxygens (including phenoxy) is 3. The number of pyridine rings is 1. The lowest BCUT2D eigenvalue weighted by Crippen LogP contribution is -2.46. The average molecular weight is 466 g/mol. The number of benzene rings is 1. The van der Waals surface area contributed by atoms with Gasteiger partial charge in [-0.1, -0.05) is 0 Å². The lowest BCUT2D eigenvalue weighted by Gasteiger charge is -2.37. The highest BCUT2D eigenvalue weighted by Gasteiger charge is 2.27. The molecule has 1 unspecified atom stereocenters. The largest absolute Gasteiger partial charge is 0.496 e. The summed E-state index contributed by atoms with van der Waals surface area (Å²) >= 11 is 0. The van der Waals surface area contributed by atoms with E-state index in [1.54, 1.807) is 7.11 Å². The minimum absolute atomic E-state index is 0.106. The predicted molar refractivity (Wildman–Crippen MR) is 130 cm³/mol. The highest BCUT2D eigenvalue weighted by Crippen LogP contribution is 2.32. The van der Waals surface area contributed by atoms with E-state index in [-0.39, 0.29) is 18.7 Å². The summed E-state index contributed by atoms with van der Waals surface area (Å²) in [6.07, 6.45) is 0. The number of hydrogen-bond acceptors (Lipinski definition) is 9. The van der Waals surface area contributed by atoms with Crippen molar-refractivity contribution in [2.45, 2.75) is 32.5 Å². The van der Waals surface area contributed by atoms with Gasteiger partial charge in [0.05, 0.1) is 63.3 Å². The molecule has 0 radical (unpaired) electrons. The van der Waals surface area contributed by atoms with Crippen molar-refractivity contribution in [3.63, 3.8) is 0 Å². The zero-order chi connectivity index (χ0) is 23.7. The first-order valence-corrected chi connectivity index (χ1v) is 11.7. The van der Waals surface area contributed by atoms with Gasteiger partial charge in [0.25, 0.3) is 0 Å². The van der Waals surface area contributed by atoms with Crippen LogP contribution in [0.2, 0.25) is 0 Å². The molecule has 1 N–H and O–H groups in total. The number of rotatable bonds is 5. The number of aliphatic hydroxyl groups excluding tert-OH is 1. The van der Waals surface area contributed by atoms with E-state index in [9.17, 15) is 5.11 Å². The molecule has 2 fully saturated rings. The van der Waals surface area contributed by atoms with Crippen LogP contribution in [0.5, 0.6) is 5.75 Å². The van der Waals surface area contributed by atoms with Gasteiger partial charge in [0.1, 0.15) is 11.6 Å². The SMILES string of the molecule is COc1ccc(-c2ccc3c(N4CCOC[C@@H]4C)nc(N4CCOCC4C)nc3n2)cc1CO. The normalized spacial score (nSPS) is 21.2. The van der Waals surface area contributed by atoms with Crippen molar-refractivity contribution in [1.82, 2.24) is 15.0 Å². The number of morpholine rings is 2. The van der Waals surface area contributed by atoms with Crippen molar-refractivity contribution in [3.05, 3.63) is 35.9 Å². The Balaban J connectivity index is 1.64. The van der Waals surface area contributed by atoms with Crippen LogP contribution in [-0.2, 0) is 16.1 Å². The van der Waals surface area contributed by atoms with Crippen LogP contribution in [0, 0.1) is 0 Å². The number of nitrogens with zero attached hydrogens (tertiary/aromatic N) is 5. The van der Waals surface area contributed by atoms with E-state index in [2.05, 4.69) is 23.6 Å². The lowest BCUT2D eigenvalue weighted by molar-refractivity contribution is 0.0973. The molecule has 1 aromatic carbocycles. The number of methoxy groups -OCH3 is 1. The zero-order valence-corrected chi connectivity index (χ0v) is 19.9. The molecule has 0 aliphatic carbocycles. The van der Waals surface area contributed by atoms with Crippen LogP contribution in [0.3, 0.4) is 0 Å². The Bertz CT molecular complexity index is 1170. The molecule has 4 heterocycles. The summed E-state index contributed by atoms with van der Waals surface area (Å²) in [5, 5.41) is 10.7. The molecule has 2 aliphatic heterocycles. The van der Waals surface area contributed by atoms with Gasteiger partial charge in [-0.3, -0.25) is 0 Å². The number of aromatic nitrogens is 3. The van der Waals surface area contributed by atoms with Gasteiger partial charge in [-0.15, -0.1) is 0 Å².